The molecule has 19 heavy (non-hydrogen) atoms. The number of aliphatic hydroxyl groups excluding tert-OH is 1. The highest BCUT2D eigenvalue weighted by Crippen LogP contribution is 2.29. The van der Waals surface area contributed by atoms with Crippen LogP contribution in [-0.2, 0) is 10.2 Å². The standard InChI is InChI=1S/C16H27NO2/c1-3-4-10-19-11-9-16(12-17,13-18)15-8-6-5-7-14(15)2/h5-8,18H,3-4,9-13,17H2,1-2H3. The van der Waals surface area contributed by atoms with Gasteiger partial charge in [-0.2, -0.15) is 0 Å². The molecule has 0 saturated heterocycles. The van der Waals surface area contributed by atoms with E-state index in [1.807, 2.05) is 12.1 Å². The average Bonchev–Trinajstić information content (AvgIpc) is 2.44. The topological polar surface area (TPSA) is 55.5 Å². The summed E-state index contributed by atoms with van der Waals surface area (Å²) >= 11 is 0. The molecular formula is C16H27NO2. The predicted molar refractivity (Wildman–Crippen MR) is 79.3 cm³/mol. The van der Waals surface area contributed by atoms with Gasteiger partial charge in [-0.3, -0.25) is 0 Å². The molecule has 0 radical (unpaired) electrons. The summed E-state index contributed by atoms with van der Waals surface area (Å²) in [4.78, 5) is 0. The van der Waals surface area contributed by atoms with E-state index < -0.39 is 0 Å². The summed E-state index contributed by atoms with van der Waals surface area (Å²) < 4.78 is 5.63. The maximum absolute atomic E-state index is 9.82. The number of hydrogen-bond donors (Lipinski definition) is 2. The predicted octanol–water partition coefficient (Wildman–Crippen LogP) is 2.39. The molecule has 0 saturated carbocycles. The fourth-order valence-corrected chi connectivity index (χ4v) is 2.36. The van der Waals surface area contributed by atoms with Crippen molar-refractivity contribution < 1.29 is 9.84 Å². The van der Waals surface area contributed by atoms with Gasteiger partial charge in [-0.15, -0.1) is 0 Å². The molecule has 108 valence electrons. The van der Waals surface area contributed by atoms with Crippen molar-refractivity contribution in [1.82, 2.24) is 0 Å². The minimum atomic E-state index is -0.377. The number of ether oxygens (including phenoxy) is 1. The molecule has 0 aromatic heterocycles. The number of aryl methyl sites for hydroxylation is 1. The molecule has 0 aliphatic rings. The summed E-state index contributed by atoms with van der Waals surface area (Å²) in [5, 5.41) is 9.82. The zero-order chi connectivity index (χ0) is 14.1. The fourth-order valence-electron chi connectivity index (χ4n) is 2.36. The van der Waals surface area contributed by atoms with E-state index in [1.165, 1.54) is 5.56 Å². The van der Waals surface area contributed by atoms with Crippen molar-refractivity contribution in [3.63, 3.8) is 0 Å². The van der Waals surface area contributed by atoms with Crippen LogP contribution in [-0.4, -0.2) is 31.5 Å². The number of aliphatic hydroxyl groups is 1. The second-order valence-electron chi connectivity index (χ2n) is 5.17. The highest BCUT2D eigenvalue weighted by atomic mass is 16.5. The first-order chi connectivity index (χ1) is 9.20. The molecule has 0 spiro atoms. The minimum absolute atomic E-state index is 0.0610. The fraction of sp³-hybridized carbons (Fsp3) is 0.625. The number of unbranched alkanes of at least 4 members (excludes halogenated alkanes) is 1. The van der Waals surface area contributed by atoms with Gasteiger partial charge in [0.1, 0.15) is 0 Å². The van der Waals surface area contributed by atoms with E-state index in [0.29, 0.717) is 13.2 Å². The SMILES string of the molecule is CCCCOCCC(CN)(CO)c1ccccc1C. The summed E-state index contributed by atoms with van der Waals surface area (Å²) in [6.45, 7) is 6.14. The molecule has 0 aliphatic carbocycles. The van der Waals surface area contributed by atoms with E-state index in [-0.39, 0.29) is 12.0 Å². The van der Waals surface area contributed by atoms with Crippen molar-refractivity contribution in [1.29, 1.82) is 0 Å². The van der Waals surface area contributed by atoms with Crippen LogP contribution in [0.3, 0.4) is 0 Å². The van der Waals surface area contributed by atoms with Gasteiger partial charge in [-0.1, -0.05) is 37.6 Å². The van der Waals surface area contributed by atoms with Gasteiger partial charge in [0.15, 0.2) is 0 Å². The molecular weight excluding hydrogens is 238 g/mol. The number of nitrogens with two attached hydrogens (primary N) is 1. The Balaban J connectivity index is 2.71. The molecule has 1 aromatic rings. The third kappa shape index (κ3) is 4.30. The van der Waals surface area contributed by atoms with Gasteiger partial charge in [0, 0.05) is 25.2 Å². The van der Waals surface area contributed by atoms with E-state index in [9.17, 15) is 5.11 Å². The third-order valence-electron chi connectivity index (χ3n) is 3.78. The Labute approximate surface area is 116 Å². The van der Waals surface area contributed by atoms with E-state index in [4.69, 9.17) is 10.5 Å². The van der Waals surface area contributed by atoms with Crippen LogP contribution < -0.4 is 5.73 Å². The van der Waals surface area contributed by atoms with Gasteiger partial charge in [-0.25, -0.2) is 0 Å². The first-order valence-electron chi connectivity index (χ1n) is 7.15. The largest absolute Gasteiger partial charge is 0.395 e. The van der Waals surface area contributed by atoms with Crippen LogP contribution in [0.2, 0.25) is 0 Å². The Hall–Kier alpha value is -0.900. The summed E-state index contributed by atoms with van der Waals surface area (Å²) in [5.74, 6) is 0. The van der Waals surface area contributed by atoms with Gasteiger partial charge in [0.05, 0.1) is 6.61 Å². The lowest BCUT2D eigenvalue weighted by molar-refractivity contribution is 0.0928. The Bertz CT molecular complexity index is 362. The van der Waals surface area contributed by atoms with Gasteiger partial charge >= 0.3 is 0 Å². The van der Waals surface area contributed by atoms with Crippen molar-refractivity contribution in [3.05, 3.63) is 35.4 Å². The molecule has 1 aromatic carbocycles. The summed E-state index contributed by atoms with van der Waals surface area (Å²) in [7, 11) is 0. The number of rotatable bonds is 9. The molecule has 3 N–H and O–H groups in total. The van der Waals surface area contributed by atoms with Crippen LogP contribution in [0.15, 0.2) is 24.3 Å². The molecule has 0 aliphatic heterocycles. The lowest BCUT2D eigenvalue weighted by Crippen LogP contribution is -2.40. The van der Waals surface area contributed by atoms with E-state index >= 15 is 0 Å². The van der Waals surface area contributed by atoms with E-state index in [2.05, 4.69) is 26.0 Å². The molecule has 3 heteroatoms. The van der Waals surface area contributed by atoms with Crippen molar-refractivity contribution >= 4 is 0 Å². The quantitative estimate of drug-likeness (QED) is 0.674. The summed E-state index contributed by atoms with van der Waals surface area (Å²) in [6, 6.07) is 8.13. The first kappa shape index (κ1) is 16.2. The lowest BCUT2D eigenvalue weighted by Gasteiger charge is -2.32. The number of hydrogen-bond acceptors (Lipinski definition) is 3. The van der Waals surface area contributed by atoms with Crippen molar-refractivity contribution in [2.24, 2.45) is 5.73 Å². The Kier molecular flexibility index (Phi) is 7.06. The molecule has 1 atom stereocenters. The smallest absolute Gasteiger partial charge is 0.0541 e. The van der Waals surface area contributed by atoms with Crippen molar-refractivity contribution in [2.45, 2.75) is 38.5 Å². The zero-order valence-electron chi connectivity index (χ0n) is 12.2. The molecule has 1 unspecified atom stereocenters. The summed E-state index contributed by atoms with van der Waals surface area (Å²) in [6.07, 6.45) is 2.98. The monoisotopic (exact) mass is 265 g/mol. The lowest BCUT2D eigenvalue weighted by atomic mass is 9.76. The van der Waals surface area contributed by atoms with Crippen LogP contribution in [0, 0.1) is 6.92 Å². The van der Waals surface area contributed by atoms with E-state index in [1.54, 1.807) is 0 Å². The Morgan fingerprint density at radius 1 is 1.26 bits per heavy atom. The third-order valence-corrected chi connectivity index (χ3v) is 3.78. The van der Waals surface area contributed by atoms with Crippen LogP contribution in [0.1, 0.15) is 37.3 Å². The van der Waals surface area contributed by atoms with Crippen LogP contribution in [0.5, 0.6) is 0 Å². The maximum atomic E-state index is 9.82. The highest BCUT2D eigenvalue weighted by molar-refractivity contribution is 5.34. The van der Waals surface area contributed by atoms with Gasteiger partial charge < -0.3 is 15.6 Å². The van der Waals surface area contributed by atoms with E-state index in [0.717, 1.165) is 31.4 Å². The molecule has 3 nitrogen and oxygen atoms in total. The molecule has 0 fully saturated rings. The van der Waals surface area contributed by atoms with Gasteiger partial charge in [-0.05, 0) is 30.9 Å². The Morgan fingerprint density at radius 2 is 2.00 bits per heavy atom. The molecule has 0 heterocycles. The molecule has 1 rings (SSSR count). The highest BCUT2D eigenvalue weighted by Gasteiger charge is 2.31. The van der Waals surface area contributed by atoms with Crippen molar-refractivity contribution in [2.75, 3.05) is 26.4 Å². The van der Waals surface area contributed by atoms with Crippen LogP contribution in [0.25, 0.3) is 0 Å². The summed E-state index contributed by atoms with van der Waals surface area (Å²) in [5.41, 5.74) is 7.88. The van der Waals surface area contributed by atoms with Crippen molar-refractivity contribution in [3.8, 4) is 0 Å². The van der Waals surface area contributed by atoms with Crippen LogP contribution >= 0.6 is 0 Å². The zero-order valence-corrected chi connectivity index (χ0v) is 12.2. The second kappa shape index (κ2) is 8.31. The van der Waals surface area contributed by atoms with Gasteiger partial charge in [0.2, 0.25) is 0 Å². The molecule has 0 amide bonds. The Morgan fingerprint density at radius 3 is 2.58 bits per heavy atom. The van der Waals surface area contributed by atoms with Crippen LogP contribution in [0.4, 0.5) is 0 Å². The average molecular weight is 265 g/mol. The first-order valence-corrected chi connectivity index (χ1v) is 7.15. The maximum Gasteiger partial charge on any atom is 0.0541 e. The van der Waals surface area contributed by atoms with Gasteiger partial charge in [0.25, 0.3) is 0 Å². The minimum Gasteiger partial charge on any atom is -0.395 e. The molecule has 0 bridgehead atoms. The normalized spacial score (nSPS) is 14.3. The second-order valence-corrected chi connectivity index (χ2v) is 5.17. The number of benzene rings is 1.